The summed E-state index contributed by atoms with van der Waals surface area (Å²) in [6.07, 6.45) is 15.7. The summed E-state index contributed by atoms with van der Waals surface area (Å²) < 4.78 is 6.48. The van der Waals surface area contributed by atoms with Gasteiger partial charge in [0.05, 0.1) is 5.69 Å². The van der Waals surface area contributed by atoms with Crippen LogP contribution in [0.15, 0.2) is 194 Å². The van der Waals surface area contributed by atoms with E-state index in [1.54, 1.807) is 0 Å². The number of hydrogen-bond acceptors (Lipinski definition) is 8. The van der Waals surface area contributed by atoms with Gasteiger partial charge < -0.3 is 24.8 Å². The number of ether oxygens (including phenoxy) is 1. The molecular formula is C72H83Cl4N7O. The standard InChI is InChI=1S/C21H26ClNO.C19H19ClN2.2C16H19ClN2/c1-21(17-7-4-3-5-8-17,18-10-12-19(22)13-11-18)24-16-14-20-9-6-15-23(20)2;20-16-5-6-17-15(12-16)4-3-14-2-1-9-22-19(14)18(17)13-7-10-21-11-8-13;2*1-19(2)12-10-15(16-5-3-4-11-18-16)13-6-8-14(17)9-7-13/h3-5,7-8,10-13,20H,6,9,14-16H2,1-2H3;1-2,5-6,9,12,21H,3-4,7-8,10-11H2;2*3-9,11,15H,10,12H2,1-2H3/t20-,21-;;2*15-/m1.00/s1. The quantitative estimate of drug-likeness (QED) is 0.103. The topological polar surface area (TPSA) is 69.7 Å². The maximum Gasteiger partial charge on any atom is 0.115 e. The van der Waals surface area contributed by atoms with Crippen molar-refractivity contribution in [2.24, 2.45) is 0 Å². The molecule has 1 aliphatic carbocycles. The Morgan fingerprint density at radius 1 is 0.571 bits per heavy atom. The van der Waals surface area contributed by atoms with Crippen LogP contribution in [-0.2, 0) is 23.2 Å². The molecule has 0 unspecified atom stereocenters. The summed E-state index contributed by atoms with van der Waals surface area (Å²) in [5.41, 5.74) is 14.7. The molecule has 0 saturated carbocycles. The summed E-state index contributed by atoms with van der Waals surface area (Å²) in [5.74, 6) is 0.640. The number of likely N-dealkylation sites (tertiary alicyclic amines) is 1. The first kappa shape index (κ1) is 64.3. The van der Waals surface area contributed by atoms with Crippen molar-refractivity contribution >= 4 is 52.0 Å². The third-order valence-corrected chi connectivity index (χ3v) is 17.3. The van der Waals surface area contributed by atoms with E-state index in [1.807, 2.05) is 97.5 Å². The Morgan fingerprint density at radius 2 is 1.08 bits per heavy atom. The van der Waals surface area contributed by atoms with Crippen LogP contribution >= 0.6 is 46.4 Å². The van der Waals surface area contributed by atoms with Gasteiger partial charge in [-0.05, 0) is 250 Å². The van der Waals surface area contributed by atoms with Gasteiger partial charge in [0.2, 0.25) is 0 Å². The van der Waals surface area contributed by atoms with Gasteiger partial charge in [-0.1, -0.05) is 143 Å². The minimum Gasteiger partial charge on any atom is -0.366 e. The fourth-order valence-electron chi connectivity index (χ4n) is 11.5. The number of halogens is 4. The van der Waals surface area contributed by atoms with Crippen molar-refractivity contribution in [2.75, 3.05) is 74.6 Å². The summed E-state index contributed by atoms with van der Waals surface area (Å²) >= 11 is 24.2. The first-order valence-electron chi connectivity index (χ1n) is 29.7. The molecule has 8 aromatic rings. The Balaban J connectivity index is 0.000000147. The van der Waals surface area contributed by atoms with Crippen molar-refractivity contribution < 1.29 is 4.74 Å². The van der Waals surface area contributed by atoms with Crippen LogP contribution in [-0.4, -0.2) is 110 Å². The minimum absolute atomic E-state index is 0.320. The molecule has 1 N–H and O–H groups in total. The number of aromatic nitrogens is 3. The Kier molecular flexibility index (Phi) is 25.0. The van der Waals surface area contributed by atoms with Crippen LogP contribution in [0.4, 0.5) is 0 Å². The van der Waals surface area contributed by atoms with Gasteiger partial charge >= 0.3 is 0 Å². The highest BCUT2D eigenvalue weighted by atomic mass is 35.5. The number of benzene rings is 5. The number of hydrogen-bond donors (Lipinski definition) is 1. The van der Waals surface area contributed by atoms with E-state index in [9.17, 15) is 0 Å². The van der Waals surface area contributed by atoms with E-state index in [0.29, 0.717) is 17.9 Å². The molecule has 12 heteroatoms. The van der Waals surface area contributed by atoms with Crippen molar-refractivity contribution in [1.29, 1.82) is 0 Å². The predicted octanol–water partition coefficient (Wildman–Crippen LogP) is 16.8. The molecule has 4 atom stereocenters. The zero-order valence-electron chi connectivity index (χ0n) is 49.8. The van der Waals surface area contributed by atoms with Gasteiger partial charge in [0.1, 0.15) is 5.60 Å². The van der Waals surface area contributed by atoms with E-state index in [-0.39, 0.29) is 0 Å². The van der Waals surface area contributed by atoms with E-state index >= 15 is 0 Å². The van der Waals surface area contributed by atoms with Crippen LogP contribution in [0.25, 0.3) is 5.57 Å². The number of aryl methyl sites for hydroxylation is 2. The van der Waals surface area contributed by atoms with Crippen LogP contribution in [0.1, 0.15) is 120 Å². The van der Waals surface area contributed by atoms with Crippen LogP contribution in [0.2, 0.25) is 20.1 Å². The number of pyridine rings is 3. The van der Waals surface area contributed by atoms with Crippen molar-refractivity contribution in [2.45, 2.75) is 88.2 Å². The number of nitrogens with zero attached hydrogens (tertiary/aromatic N) is 6. The molecule has 440 valence electrons. The van der Waals surface area contributed by atoms with Gasteiger partial charge in [-0.25, -0.2) is 0 Å². The van der Waals surface area contributed by atoms with Crippen LogP contribution in [0, 0.1) is 0 Å². The summed E-state index contributed by atoms with van der Waals surface area (Å²) in [6, 6.07) is 58.0. The zero-order valence-corrected chi connectivity index (χ0v) is 52.9. The Hall–Kier alpha value is -5.75. The van der Waals surface area contributed by atoms with E-state index in [4.69, 9.17) is 56.1 Å². The minimum atomic E-state index is -0.455. The van der Waals surface area contributed by atoms with Crippen LogP contribution in [0.5, 0.6) is 0 Å². The SMILES string of the molecule is CN(C)CC[C@@H](c1ccc(Cl)cc1)c1ccccn1.CN(C)CC[C@@H](c1ccc(Cl)cc1)c1ccccn1.CN1CCC[C@@H]1CCO[C@](C)(c1ccccc1)c1ccc(Cl)cc1.Clc1ccc2c(c1)CCc1cccnc1C2=C1CCNCC1. The van der Waals surface area contributed by atoms with Crippen molar-refractivity contribution in [3.63, 3.8) is 0 Å². The van der Waals surface area contributed by atoms with Gasteiger partial charge in [0.25, 0.3) is 0 Å². The average molecular weight is 1200 g/mol. The van der Waals surface area contributed by atoms with E-state index in [1.165, 1.54) is 69.6 Å². The highest BCUT2D eigenvalue weighted by Gasteiger charge is 2.31. The van der Waals surface area contributed by atoms with E-state index in [2.05, 4.69) is 163 Å². The fraction of sp³-hybridized carbons (Fsp3) is 0.347. The Labute approximate surface area is 521 Å². The molecule has 0 spiro atoms. The Bertz CT molecular complexity index is 3150. The van der Waals surface area contributed by atoms with E-state index in [0.717, 1.165) is 115 Å². The van der Waals surface area contributed by atoms with Gasteiger partial charge in [-0.3, -0.25) is 15.0 Å². The average Bonchev–Trinajstić information content (AvgIpc) is 3.64. The first-order chi connectivity index (χ1) is 40.7. The molecule has 2 fully saturated rings. The predicted molar refractivity (Wildman–Crippen MR) is 353 cm³/mol. The van der Waals surface area contributed by atoms with Crippen LogP contribution in [0.3, 0.4) is 0 Å². The molecular weight excluding hydrogens is 1120 g/mol. The van der Waals surface area contributed by atoms with Crippen LogP contribution < -0.4 is 5.32 Å². The summed E-state index contributed by atoms with van der Waals surface area (Å²) in [7, 11) is 10.6. The fourth-order valence-corrected chi connectivity index (χ4v) is 12.1. The molecule has 3 aliphatic rings. The molecule has 5 aromatic carbocycles. The lowest BCUT2D eigenvalue weighted by Crippen LogP contribution is -2.31. The molecule has 0 bridgehead atoms. The summed E-state index contributed by atoms with van der Waals surface area (Å²) in [5, 5.41) is 6.58. The normalized spacial score (nSPS) is 16.3. The lowest BCUT2D eigenvalue weighted by molar-refractivity contribution is -0.0117. The molecule has 0 amide bonds. The molecule has 5 heterocycles. The molecule has 11 rings (SSSR count). The zero-order chi connectivity index (χ0) is 59.3. The smallest absolute Gasteiger partial charge is 0.115 e. The molecule has 0 radical (unpaired) electrons. The summed E-state index contributed by atoms with van der Waals surface area (Å²) in [6.45, 7) is 8.30. The number of fused-ring (bicyclic) bond motifs is 2. The third-order valence-electron chi connectivity index (χ3n) is 16.3. The number of rotatable bonds is 16. The second-order valence-corrected chi connectivity index (χ2v) is 24.5. The van der Waals surface area contributed by atoms with Crippen molar-refractivity contribution in [3.05, 3.63) is 270 Å². The highest BCUT2D eigenvalue weighted by molar-refractivity contribution is 6.31. The second kappa shape index (κ2) is 32.7. The van der Waals surface area contributed by atoms with Gasteiger partial charge in [0.15, 0.2) is 0 Å². The lowest BCUT2D eigenvalue weighted by Gasteiger charge is -2.32. The summed E-state index contributed by atoms with van der Waals surface area (Å²) in [4.78, 5) is 20.6. The number of piperidine rings is 1. The second-order valence-electron chi connectivity index (χ2n) is 22.8. The Morgan fingerprint density at radius 3 is 1.61 bits per heavy atom. The molecule has 84 heavy (non-hydrogen) atoms. The van der Waals surface area contributed by atoms with Gasteiger partial charge in [-0.2, -0.15) is 0 Å². The molecule has 2 saturated heterocycles. The van der Waals surface area contributed by atoms with Crippen molar-refractivity contribution in [1.82, 2.24) is 35.0 Å². The molecule has 3 aromatic heterocycles. The highest BCUT2D eigenvalue weighted by Crippen LogP contribution is 2.39. The largest absolute Gasteiger partial charge is 0.366 e. The lowest BCUT2D eigenvalue weighted by atomic mass is 9.88. The first-order valence-corrected chi connectivity index (χ1v) is 31.2. The van der Waals surface area contributed by atoms with Crippen molar-refractivity contribution in [3.8, 4) is 0 Å². The maximum atomic E-state index is 6.48. The maximum absolute atomic E-state index is 6.48. The van der Waals surface area contributed by atoms with Gasteiger partial charge in [0, 0.05) is 80.1 Å². The molecule has 8 nitrogen and oxygen atoms in total. The van der Waals surface area contributed by atoms with E-state index < -0.39 is 5.60 Å². The molecule has 2 aliphatic heterocycles. The van der Waals surface area contributed by atoms with Gasteiger partial charge in [-0.15, -0.1) is 0 Å². The monoisotopic (exact) mass is 1200 g/mol. The number of nitrogens with one attached hydrogen (secondary N) is 1. The third kappa shape index (κ3) is 18.6.